The largest absolute Gasteiger partial charge is 0.493 e. The van der Waals surface area contributed by atoms with Crippen LogP contribution in [0.15, 0.2) is 12.1 Å². The molecule has 3 aliphatic rings. The molecule has 1 N–H and O–H groups in total. The molecule has 1 aromatic rings. The van der Waals surface area contributed by atoms with Crippen molar-refractivity contribution in [1.82, 2.24) is 9.80 Å². The van der Waals surface area contributed by atoms with Crippen LogP contribution in [0.3, 0.4) is 0 Å². The van der Waals surface area contributed by atoms with Crippen LogP contribution in [0.5, 0.6) is 17.2 Å². The molecule has 0 aromatic heterocycles. The van der Waals surface area contributed by atoms with Gasteiger partial charge in [-0.1, -0.05) is 27.2 Å². The van der Waals surface area contributed by atoms with Gasteiger partial charge in [0.15, 0.2) is 17.8 Å². The number of unbranched alkanes of at least 4 members (excludes halogenated alkanes) is 1. The number of rotatable bonds is 15. The quantitative estimate of drug-likeness (QED) is 0.301. The Hall–Kier alpha value is -2.60. The van der Waals surface area contributed by atoms with Crippen molar-refractivity contribution in [2.45, 2.75) is 64.7 Å². The fourth-order valence-corrected chi connectivity index (χ4v) is 6.61. The maximum absolute atomic E-state index is 13.9. The number of amides is 1. The molecule has 242 valence electrons. The predicted octanol–water partition coefficient (Wildman–Crippen LogP) is 3.41. The Morgan fingerprint density at radius 1 is 1.12 bits per heavy atom. The van der Waals surface area contributed by atoms with Gasteiger partial charge in [-0.05, 0) is 30.5 Å². The van der Waals surface area contributed by atoms with Gasteiger partial charge >= 0.3 is 5.97 Å². The second-order valence-corrected chi connectivity index (χ2v) is 13.8. The number of carboxylic acids is 1. The lowest BCUT2D eigenvalue weighted by Gasteiger charge is -2.37. The SMILES string of the molecule is CCCCN(CCC[N+](C)(C)C)C(=O)CN1C[C@H](c2cc(OC)c3c(c2)OCO3)C(C(=O)O)[C@@H]1CC(C)(C)C1OCCO1. The Labute approximate surface area is 256 Å². The summed E-state index contributed by atoms with van der Waals surface area (Å²) < 4.78 is 29.4. The van der Waals surface area contributed by atoms with Gasteiger partial charge in [0, 0.05) is 43.4 Å². The Morgan fingerprint density at radius 3 is 2.44 bits per heavy atom. The number of carbonyl (C=O) groups is 2. The van der Waals surface area contributed by atoms with Crippen LogP contribution < -0.4 is 14.2 Å². The monoisotopic (exact) mass is 606 g/mol. The van der Waals surface area contributed by atoms with Gasteiger partial charge in [-0.25, -0.2) is 0 Å². The van der Waals surface area contributed by atoms with E-state index in [0.29, 0.717) is 56.5 Å². The Bertz CT molecular complexity index is 1110. The van der Waals surface area contributed by atoms with Crippen molar-refractivity contribution in [3.63, 3.8) is 0 Å². The van der Waals surface area contributed by atoms with Crippen molar-refractivity contribution >= 4 is 11.9 Å². The van der Waals surface area contributed by atoms with Crippen LogP contribution >= 0.6 is 0 Å². The molecule has 43 heavy (non-hydrogen) atoms. The van der Waals surface area contributed by atoms with E-state index in [1.165, 1.54) is 0 Å². The van der Waals surface area contributed by atoms with Crippen LogP contribution in [0, 0.1) is 11.3 Å². The van der Waals surface area contributed by atoms with E-state index in [2.05, 4.69) is 46.8 Å². The van der Waals surface area contributed by atoms with Crippen molar-refractivity contribution in [2.75, 3.05) is 81.0 Å². The summed E-state index contributed by atoms with van der Waals surface area (Å²) in [4.78, 5) is 31.0. The molecule has 0 aliphatic carbocycles. The smallest absolute Gasteiger partial charge is 0.308 e. The van der Waals surface area contributed by atoms with E-state index >= 15 is 0 Å². The number of fused-ring (bicyclic) bond motifs is 1. The van der Waals surface area contributed by atoms with Gasteiger partial charge in [0.05, 0.1) is 60.5 Å². The minimum atomic E-state index is -0.892. The maximum atomic E-state index is 13.9. The van der Waals surface area contributed by atoms with Crippen molar-refractivity contribution in [3.8, 4) is 17.2 Å². The molecule has 0 bridgehead atoms. The number of likely N-dealkylation sites (tertiary alicyclic amines) is 1. The molecule has 1 aromatic carbocycles. The van der Waals surface area contributed by atoms with Gasteiger partial charge in [-0.3, -0.25) is 14.5 Å². The molecule has 0 spiro atoms. The lowest BCUT2D eigenvalue weighted by Crippen LogP contribution is -2.47. The van der Waals surface area contributed by atoms with E-state index in [1.807, 2.05) is 17.0 Å². The zero-order valence-corrected chi connectivity index (χ0v) is 27.1. The lowest BCUT2D eigenvalue weighted by molar-refractivity contribution is -0.870. The Morgan fingerprint density at radius 2 is 1.81 bits per heavy atom. The summed E-state index contributed by atoms with van der Waals surface area (Å²) in [5.41, 5.74) is 0.329. The predicted molar refractivity (Wildman–Crippen MR) is 161 cm³/mol. The molecule has 0 radical (unpaired) electrons. The first-order valence-electron chi connectivity index (χ1n) is 15.6. The number of ether oxygens (including phenoxy) is 5. The number of benzene rings is 1. The molecule has 1 amide bonds. The highest BCUT2D eigenvalue weighted by Crippen LogP contribution is 2.48. The summed E-state index contributed by atoms with van der Waals surface area (Å²) in [6, 6.07) is 3.30. The third-order valence-electron chi connectivity index (χ3n) is 8.87. The maximum Gasteiger partial charge on any atom is 0.308 e. The van der Waals surface area contributed by atoms with E-state index in [4.69, 9.17) is 23.7 Å². The molecule has 2 fully saturated rings. The molecule has 3 aliphatic heterocycles. The second kappa shape index (κ2) is 14.0. The molecular weight excluding hydrogens is 554 g/mol. The zero-order chi connectivity index (χ0) is 31.4. The van der Waals surface area contributed by atoms with Crippen LogP contribution in [0.1, 0.15) is 57.9 Å². The van der Waals surface area contributed by atoms with E-state index in [0.717, 1.165) is 35.9 Å². The first-order chi connectivity index (χ1) is 20.3. The van der Waals surface area contributed by atoms with Crippen LogP contribution in [-0.2, 0) is 19.1 Å². The second-order valence-electron chi connectivity index (χ2n) is 13.8. The fourth-order valence-electron chi connectivity index (χ4n) is 6.61. The van der Waals surface area contributed by atoms with Crippen LogP contribution in [-0.4, -0.2) is 125 Å². The average molecular weight is 607 g/mol. The van der Waals surface area contributed by atoms with Gasteiger partial charge in [0.2, 0.25) is 18.4 Å². The highest BCUT2D eigenvalue weighted by atomic mass is 16.7. The number of hydrogen-bond acceptors (Lipinski definition) is 8. The van der Waals surface area contributed by atoms with Gasteiger partial charge in [0.1, 0.15) is 0 Å². The van der Waals surface area contributed by atoms with E-state index in [-0.39, 0.29) is 25.2 Å². The highest BCUT2D eigenvalue weighted by Gasteiger charge is 2.51. The number of quaternary nitrogens is 1. The summed E-state index contributed by atoms with van der Waals surface area (Å²) in [6.45, 7) is 10.3. The van der Waals surface area contributed by atoms with E-state index in [9.17, 15) is 14.7 Å². The Kier molecular flexibility index (Phi) is 10.8. The minimum absolute atomic E-state index is 0.0408. The van der Waals surface area contributed by atoms with Crippen molar-refractivity contribution in [2.24, 2.45) is 11.3 Å². The third-order valence-corrected chi connectivity index (χ3v) is 8.87. The van der Waals surface area contributed by atoms with Gasteiger partial charge < -0.3 is 38.2 Å². The molecule has 2 saturated heterocycles. The van der Waals surface area contributed by atoms with E-state index < -0.39 is 29.6 Å². The number of nitrogens with zero attached hydrogens (tertiary/aromatic N) is 3. The van der Waals surface area contributed by atoms with Crippen molar-refractivity contribution < 1.29 is 42.9 Å². The topological polar surface area (TPSA) is 107 Å². The molecule has 0 saturated carbocycles. The van der Waals surface area contributed by atoms with Gasteiger partial charge in [0.25, 0.3) is 0 Å². The summed E-state index contributed by atoms with van der Waals surface area (Å²) in [7, 11) is 8.03. The molecule has 11 heteroatoms. The van der Waals surface area contributed by atoms with Crippen molar-refractivity contribution in [3.05, 3.63) is 17.7 Å². The molecule has 4 rings (SSSR count). The molecule has 11 nitrogen and oxygen atoms in total. The number of aliphatic carboxylic acids is 1. The number of carboxylic acid groups (broad SMARTS) is 1. The standard InChI is InChI=1S/C32H51N3O8/c1-8-9-11-33(12-10-13-35(4,5)6)27(36)20-34-19-23(22-16-25(39-7)29-26(17-22)42-21-43-29)28(30(37)38)24(34)18-32(2,3)31-40-14-15-41-31/h16-17,23-24,28,31H,8-15,18-21H2,1-7H3/p+1/t23-,24+,28?/m1/s1. The first-order valence-corrected chi connectivity index (χ1v) is 15.6. The van der Waals surface area contributed by atoms with Crippen LogP contribution in [0.2, 0.25) is 0 Å². The summed E-state index contributed by atoms with van der Waals surface area (Å²) in [5, 5.41) is 10.7. The highest BCUT2D eigenvalue weighted by molar-refractivity contribution is 5.79. The summed E-state index contributed by atoms with van der Waals surface area (Å²) in [5.74, 6) is -0.424. The van der Waals surface area contributed by atoms with E-state index in [1.54, 1.807) is 7.11 Å². The molecule has 3 heterocycles. The van der Waals surface area contributed by atoms with Crippen LogP contribution in [0.25, 0.3) is 0 Å². The number of hydrogen-bond donors (Lipinski definition) is 1. The number of methoxy groups -OCH3 is 1. The molecular formula is C32H52N3O8+. The fraction of sp³-hybridized carbons (Fsp3) is 0.750. The molecule has 3 atom stereocenters. The third kappa shape index (κ3) is 8.12. The zero-order valence-electron chi connectivity index (χ0n) is 27.1. The lowest BCUT2D eigenvalue weighted by atomic mass is 9.77. The van der Waals surface area contributed by atoms with Crippen molar-refractivity contribution in [1.29, 1.82) is 0 Å². The number of carbonyl (C=O) groups excluding carboxylic acids is 1. The van der Waals surface area contributed by atoms with Crippen LogP contribution in [0.4, 0.5) is 0 Å². The minimum Gasteiger partial charge on any atom is -0.493 e. The Balaban J connectivity index is 1.64. The first kappa shape index (κ1) is 33.3. The van der Waals surface area contributed by atoms with Gasteiger partial charge in [-0.2, -0.15) is 0 Å². The average Bonchev–Trinajstić information content (AvgIpc) is 3.70. The molecule has 1 unspecified atom stereocenters. The normalized spacial score (nSPS) is 22.7. The summed E-state index contributed by atoms with van der Waals surface area (Å²) in [6.07, 6.45) is 2.90. The van der Waals surface area contributed by atoms with Gasteiger partial charge in [-0.15, -0.1) is 0 Å². The summed E-state index contributed by atoms with van der Waals surface area (Å²) >= 11 is 0.